The van der Waals surface area contributed by atoms with Crippen LogP contribution >= 0.6 is 0 Å². The molecule has 0 saturated carbocycles. The second kappa shape index (κ2) is 10.4. The summed E-state index contributed by atoms with van der Waals surface area (Å²) in [6.07, 6.45) is 0.234. The highest BCUT2D eigenvalue weighted by Gasteiger charge is 2.25. The van der Waals surface area contributed by atoms with Crippen molar-refractivity contribution in [3.05, 3.63) is 96.1 Å². The Bertz CT molecular complexity index is 951. The number of rotatable bonds is 8. The van der Waals surface area contributed by atoms with Gasteiger partial charge in [-0.15, -0.1) is 0 Å². The van der Waals surface area contributed by atoms with E-state index in [0.717, 1.165) is 22.3 Å². The minimum absolute atomic E-state index is 0.0716. The molecule has 0 unspecified atom stereocenters. The molecule has 0 aliphatic carbocycles. The van der Waals surface area contributed by atoms with E-state index < -0.39 is 12.0 Å². The Morgan fingerprint density at radius 1 is 0.767 bits per heavy atom. The molecule has 0 radical (unpaired) electrons. The quantitative estimate of drug-likeness (QED) is 0.553. The van der Waals surface area contributed by atoms with Gasteiger partial charge in [0.15, 0.2) is 0 Å². The Balaban J connectivity index is 1.55. The number of esters is 1. The van der Waals surface area contributed by atoms with Crippen LogP contribution < -0.4 is 5.32 Å². The molecule has 0 aliphatic heterocycles. The van der Waals surface area contributed by atoms with Crippen molar-refractivity contribution < 1.29 is 14.3 Å². The summed E-state index contributed by atoms with van der Waals surface area (Å²) in [5.41, 5.74) is 4.06. The van der Waals surface area contributed by atoms with Crippen LogP contribution in [0.2, 0.25) is 0 Å². The Morgan fingerprint density at radius 3 is 1.93 bits per heavy atom. The smallest absolute Gasteiger partial charge is 0.329 e. The molecule has 0 fully saturated rings. The summed E-state index contributed by atoms with van der Waals surface area (Å²) in [6.45, 7) is 3.96. The van der Waals surface area contributed by atoms with E-state index in [0.29, 0.717) is 0 Å². The van der Waals surface area contributed by atoms with Gasteiger partial charge in [-0.1, -0.05) is 98.8 Å². The van der Waals surface area contributed by atoms with Gasteiger partial charge in [0.2, 0.25) is 5.91 Å². The zero-order valence-corrected chi connectivity index (χ0v) is 17.4. The number of nitrogens with one attached hydrogen (secondary N) is 1. The van der Waals surface area contributed by atoms with Gasteiger partial charge in [0.1, 0.15) is 12.6 Å². The highest BCUT2D eigenvalue weighted by molar-refractivity contribution is 5.85. The number of benzene rings is 3. The molecular weight excluding hydrogens is 374 g/mol. The molecule has 0 aromatic heterocycles. The lowest BCUT2D eigenvalue weighted by Crippen LogP contribution is -2.45. The monoisotopic (exact) mass is 401 g/mol. The van der Waals surface area contributed by atoms with Crippen molar-refractivity contribution in [2.75, 3.05) is 0 Å². The normalized spacial score (nSPS) is 11.7. The van der Waals surface area contributed by atoms with Crippen LogP contribution in [-0.4, -0.2) is 17.9 Å². The molecule has 4 heteroatoms. The third-order valence-corrected chi connectivity index (χ3v) is 4.89. The highest BCUT2D eigenvalue weighted by atomic mass is 16.5. The maximum atomic E-state index is 12.6. The Kier molecular flexibility index (Phi) is 7.39. The van der Waals surface area contributed by atoms with E-state index in [2.05, 4.69) is 17.4 Å². The van der Waals surface area contributed by atoms with Gasteiger partial charge in [0, 0.05) is 0 Å². The summed E-state index contributed by atoms with van der Waals surface area (Å²) in [4.78, 5) is 25.0. The summed E-state index contributed by atoms with van der Waals surface area (Å²) in [6, 6.07) is 26.8. The van der Waals surface area contributed by atoms with Crippen LogP contribution in [0.15, 0.2) is 84.9 Å². The molecule has 154 valence electrons. The van der Waals surface area contributed by atoms with E-state index in [4.69, 9.17) is 4.74 Å². The largest absolute Gasteiger partial charge is 0.459 e. The molecule has 1 N–H and O–H groups in total. The minimum atomic E-state index is -0.676. The SMILES string of the molecule is CC(C)[C@H](NC(=O)Cc1ccccc1)C(=O)OCc1ccc(-c2ccccc2)cc1. The van der Waals surface area contributed by atoms with Gasteiger partial charge in [-0.05, 0) is 28.2 Å². The van der Waals surface area contributed by atoms with E-state index in [-0.39, 0.29) is 24.9 Å². The molecule has 1 amide bonds. The summed E-state index contributed by atoms with van der Waals surface area (Å²) < 4.78 is 5.49. The average molecular weight is 402 g/mol. The van der Waals surface area contributed by atoms with Crippen molar-refractivity contribution in [2.45, 2.75) is 32.9 Å². The molecular formula is C26H27NO3. The molecule has 0 bridgehead atoms. The van der Waals surface area contributed by atoms with Crippen LogP contribution in [0.25, 0.3) is 11.1 Å². The summed E-state index contributed by atoms with van der Waals surface area (Å²) in [5.74, 6) is -0.680. The van der Waals surface area contributed by atoms with E-state index in [1.807, 2.05) is 86.6 Å². The van der Waals surface area contributed by atoms with Crippen LogP contribution in [0.1, 0.15) is 25.0 Å². The minimum Gasteiger partial charge on any atom is -0.459 e. The molecule has 30 heavy (non-hydrogen) atoms. The average Bonchev–Trinajstić information content (AvgIpc) is 2.77. The van der Waals surface area contributed by atoms with Crippen LogP contribution in [0.4, 0.5) is 0 Å². The molecule has 1 atom stereocenters. The summed E-state index contributed by atoms with van der Waals surface area (Å²) in [5, 5.41) is 2.82. The third-order valence-electron chi connectivity index (χ3n) is 4.89. The first kappa shape index (κ1) is 21.3. The van der Waals surface area contributed by atoms with Crippen molar-refractivity contribution in [3.63, 3.8) is 0 Å². The van der Waals surface area contributed by atoms with Gasteiger partial charge in [0.25, 0.3) is 0 Å². The fourth-order valence-electron chi connectivity index (χ4n) is 3.17. The summed E-state index contributed by atoms with van der Waals surface area (Å²) in [7, 11) is 0. The lowest BCUT2D eigenvalue weighted by atomic mass is 10.0. The van der Waals surface area contributed by atoms with Crippen molar-refractivity contribution in [2.24, 2.45) is 5.92 Å². The van der Waals surface area contributed by atoms with Crippen LogP contribution in [0, 0.1) is 5.92 Å². The first-order valence-corrected chi connectivity index (χ1v) is 10.2. The molecule has 0 aliphatic rings. The number of hydrogen-bond acceptors (Lipinski definition) is 3. The van der Waals surface area contributed by atoms with Crippen molar-refractivity contribution in [1.82, 2.24) is 5.32 Å². The second-order valence-electron chi connectivity index (χ2n) is 7.62. The predicted molar refractivity (Wildman–Crippen MR) is 119 cm³/mol. The zero-order valence-electron chi connectivity index (χ0n) is 17.4. The topological polar surface area (TPSA) is 55.4 Å². The Hall–Kier alpha value is -3.40. The maximum absolute atomic E-state index is 12.6. The number of ether oxygens (including phenoxy) is 1. The predicted octanol–water partition coefficient (Wildman–Crippen LogP) is 4.78. The molecule has 0 saturated heterocycles. The second-order valence-corrected chi connectivity index (χ2v) is 7.62. The number of amides is 1. The molecule has 4 nitrogen and oxygen atoms in total. The van der Waals surface area contributed by atoms with E-state index in [1.165, 1.54) is 0 Å². The van der Waals surface area contributed by atoms with Gasteiger partial charge in [-0.25, -0.2) is 4.79 Å². The van der Waals surface area contributed by atoms with Gasteiger partial charge in [-0.2, -0.15) is 0 Å². The van der Waals surface area contributed by atoms with Gasteiger partial charge in [0.05, 0.1) is 6.42 Å². The van der Waals surface area contributed by atoms with Crippen LogP contribution in [-0.2, 0) is 27.4 Å². The van der Waals surface area contributed by atoms with E-state index in [9.17, 15) is 9.59 Å². The van der Waals surface area contributed by atoms with Gasteiger partial charge < -0.3 is 10.1 Å². The summed E-state index contributed by atoms with van der Waals surface area (Å²) >= 11 is 0. The fraction of sp³-hybridized carbons (Fsp3) is 0.231. The number of carbonyl (C=O) groups excluding carboxylic acids is 2. The zero-order chi connectivity index (χ0) is 21.3. The van der Waals surface area contributed by atoms with Crippen LogP contribution in [0.3, 0.4) is 0 Å². The lowest BCUT2D eigenvalue weighted by molar-refractivity contribution is -0.150. The van der Waals surface area contributed by atoms with Crippen molar-refractivity contribution in [3.8, 4) is 11.1 Å². The molecule has 3 aromatic rings. The standard InChI is InChI=1S/C26H27NO3/c1-19(2)25(27-24(28)17-20-9-5-3-6-10-20)26(29)30-18-21-13-15-23(16-14-21)22-11-7-4-8-12-22/h3-16,19,25H,17-18H2,1-2H3,(H,27,28)/t25-/m0/s1. The van der Waals surface area contributed by atoms with E-state index in [1.54, 1.807) is 0 Å². The lowest BCUT2D eigenvalue weighted by Gasteiger charge is -2.21. The van der Waals surface area contributed by atoms with Crippen molar-refractivity contribution >= 4 is 11.9 Å². The molecule has 0 spiro atoms. The first-order chi connectivity index (χ1) is 14.5. The number of hydrogen-bond donors (Lipinski definition) is 1. The maximum Gasteiger partial charge on any atom is 0.329 e. The molecule has 0 heterocycles. The highest BCUT2D eigenvalue weighted by Crippen LogP contribution is 2.19. The first-order valence-electron chi connectivity index (χ1n) is 10.2. The van der Waals surface area contributed by atoms with Crippen LogP contribution in [0.5, 0.6) is 0 Å². The number of carbonyl (C=O) groups is 2. The Labute approximate surface area is 177 Å². The molecule has 3 aromatic carbocycles. The molecule has 3 rings (SSSR count). The third kappa shape index (κ3) is 6.05. The Morgan fingerprint density at radius 2 is 1.33 bits per heavy atom. The van der Waals surface area contributed by atoms with E-state index >= 15 is 0 Å². The van der Waals surface area contributed by atoms with Gasteiger partial charge in [-0.3, -0.25) is 4.79 Å². The fourth-order valence-corrected chi connectivity index (χ4v) is 3.17. The van der Waals surface area contributed by atoms with Gasteiger partial charge >= 0.3 is 5.97 Å². The van der Waals surface area contributed by atoms with Crippen molar-refractivity contribution in [1.29, 1.82) is 0 Å².